The zero-order chi connectivity index (χ0) is 23.0. The number of carbonyl (C=O) groups excluding carboxylic acids is 2. The highest BCUT2D eigenvalue weighted by Gasteiger charge is 2.48. The Hall–Kier alpha value is -2.64. The summed E-state index contributed by atoms with van der Waals surface area (Å²) < 4.78 is 1.70. The molecule has 33 heavy (non-hydrogen) atoms. The van der Waals surface area contributed by atoms with Crippen molar-refractivity contribution < 1.29 is 9.59 Å². The number of benzene rings is 1. The van der Waals surface area contributed by atoms with Gasteiger partial charge in [0.15, 0.2) is 0 Å². The van der Waals surface area contributed by atoms with E-state index in [4.69, 9.17) is 16.7 Å². The number of hydrogen-bond donors (Lipinski definition) is 1. The van der Waals surface area contributed by atoms with Crippen molar-refractivity contribution in [2.75, 3.05) is 0 Å². The number of amides is 2. The Kier molecular flexibility index (Phi) is 6.01. The molecule has 0 spiro atoms. The second-order valence-corrected chi connectivity index (χ2v) is 10.5. The molecule has 1 aliphatic carbocycles. The van der Waals surface area contributed by atoms with Crippen molar-refractivity contribution in [3.05, 3.63) is 64.1 Å². The van der Waals surface area contributed by atoms with E-state index in [9.17, 15) is 9.59 Å². The van der Waals surface area contributed by atoms with Crippen LogP contribution in [0.5, 0.6) is 0 Å². The van der Waals surface area contributed by atoms with Crippen molar-refractivity contribution in [1.29, 1.82) is 0 Å². The minimum atomic E-state index is -1.07. The van der Waals surface area contributed by atoms with Gasteiger partial charge in [-0.05, 0) is 55.0 Å². The third-order valence-electron chi connectivity index (χ3n) is 6.73. The predicted molar refractivity (Wildman–Crippen MR) is 130 cm³/mol. The summed E-state index contributed by atoms with van der Waals surface area (Å²) in [5.41, 5.74) is 1.08. The number of fused-ring (bicyclic) bond motifs is 1. The molecule has 5 rings (SSSR count). The third-order valence-corrected chi connectivity index (χ3v) is 7.86. The summed E-state index contributed by atoms with van der Waals surface area (Å²) in [5, 5.41) is 10.5. The van der Waals surface area contributed by atoms with E-state index >= 15 is 0 Å². The number of halogens is 1. The Morgan fingerprint density at radius 1 is 1.21 bits per heavy atom. The summed E-state index contributed by atoms with van der Waals surface area (Å²) in [6.45, 7) is 2.45. The second-order valence-electron chi connectivity index (χ2n) is 9.15. The molecule has 0 radical (unpaired) electrons. The summed E-state index contributed by atoms with van der Waals surface area (Å²) in [6.07, 6.45) is 5.44. The molecular formula is C25H27ClN4O2S. The number of nitrogens with zero attached hydrogens (tertiary/aromatic N) is 3. The van der Waals surface area contributed by atoms with E-state index in [0.29, 0.717) is 23.8 Å². The molecule has 2 amide bonds. The molecule has 2 aliphatic rings. The first kappa shape index (κ1) is 22.2. The molecule has 172 valence electrons. The normalized spacial score (nSPS) is 21.2. The first-order valence-corrected chi connectivity index (χ1v) is 12.7. The van der Waals surface area contributed by atoms with Gasteiger partial charge in [-0.25, -0.2) is 0 Å². The first-order chi connectivity index (χ1) is 15.9. The van der Waals surface area contributed by atoms with E-state index in [1.165, 1.54) is 6.42 Å². The summed E-state index contributed by atoms with van der Waals surface area (Å²) in [6, 6.07) is 13.4. The molecule has 3 heterocycles. The summed E-state index contributed by atoms with van der Waals surface area (Å²) in [5.74, 6) is -0.318. The number of hydrogen-bond acceptors (Lipinski definition) is 4. The molecule has 1 saturated carbocycles. The standard InChI is InChI=1S/C25H27ClN4O2S/c1-25(24(32)27-19-9-3-2-4-10-19)16-30-21(14-20(28-30)22-11-6-12-33-22)23(31)29(25)15-17-7-5-8-18(26)13-17/h5-8,11-14,19H,2-4,9-10,15-16H2,1H3,(H,27,32)/t25-/m0/s1. The van der Waals surface area contributed by atoms with Crippen LogP contribution < -0.4 is 5.32 Å². The monoisotopic (exact) mass is 482 g/mol. The Labute approximate surface area is 202 Å². The molecular weight excluding hydrogens is 456 g/mol. The molecule has 3 aromatic rings. The summed E-state index contributed by atoms with van der Waals surface area (Å²) in [4.78, 5) is 30.1. The fraction of sp³-hybridized carbons (Fsp3) is 0.400. The Morgan fingerprint density at radius 2 is 2.03 bits per heavy atom. The molecule has 2 aromatic heterocycles. The van der Waals surface area contributed by atoms with Gasteiger partial charge in [-0.15, -0.1) is 11.3 Å². The second kappa shape index (κ2) is 8.95. The zero-order valence-electron chi connectivity index (χ0n) is 18.6. The van der Waals surface area contributed by atoms with Crippen LogP contribution >= 0.6 is 22.9 Å². The zero-order valence-corrected chi connectivity index (χ0v) is 20.2. The number of nitrogens with one attached hydrogen (secondary N) is 1. The topological polar surface area (TPSA) is 67.2 Å². The van der Waals surface area contributed by atoms with Crippen LogP contribution in [0, 0.1) is 0 Å². The number of rotatable bonds is 5. The van der Waals surface area contributed by atoms with Crippen LogP contribution in [0.3, 0.4) is 0 Å². The minimum absolute atomic E-state index is 0.122. The smallest absolute Gasteiger partial charge is 0.273 e. The van der Waals surface area contributed by atoms with Crippen LogP contribution in [0.25, 0.3) is 10.6 Å². The van der Waals surface area contributed by atoms with Gasteiger partial charge in [-0.3, -0.25) is 14.3 Å². The Balaban J connectivity index is 1.51. The number of aromatic nitrogens is 2. The van der Waals surface area contributed by atoms with Crippen molar-refractivity contribution in [2.45, 2.75) is 63.7 Å². The average Bonchev–Trinajstić information content (AvgIpc) is 3.47. The van der Waals surface area contributed by atoms with E-state index in [-0.39, 0.29) is 17.9 Å². The van der Waals surface area contributed by atoms with E-state index in [1.807, 2.05) is 48.7 Å². The van der Waals surface area contributed by atoms with Gasteiger partial charge in [0, 0.05) is 17.6 Å². The quantitative estimate of drug-likeness (QED) is 0.548. The maximum absolute atomic E-state index is 13.8. The average molecular weight is 483 g/mol. The fourth-order valence-corrected chi connectivity index (χ4v) is 5.73. The van der Waals surface area contributed by atoms with Gasteiger partial charge in [0.2, 0.25) is 5.91 Å². The molecule has 8 heteroatoms. The lowest BCUT2D eigenvalue weighted by Crippen LogP contribution is -2.64. The van der Waals surface area contributed by atoms with E-state index in [2.05, 4.69) is 5.32 Å². The molecule has 1 aromatic carbocycles. The van der Waals surface area contributed by atoms with Gasteiger partial charge >= 0.3 is 0 Å². The van der Waals surface area contributed by atoms with Crippen molar-refractivity contribution >= 4 is 34.8 Å². The van der Waals surface area contributed by atoms with E-state index in [0.717, 1.165) is 41.8 Å². The molecule has 1 N–H and O–H groups in total. The first-order valence-electron chi connectivity index (χ1n) is 11.4. The van der Waals surface area contributed by atoms with Crippen molar-refractivity contribution in [2.24, 2.45) is 0 Å². The lowest BCUT2D eigenvalue weighted by atomic mass is 9.91. The van der Waals surface area contributed by atoms with Crippen LogP contribution in [0.15, 0.2) is 47.8 Å². The van der Waals surface area contributed by atoms with Gasteiger partial charge in [-0.2, -0.15) is 5.10 Å². The predicted octanol–water partition coefficient (Wildman–Crippen LogP) is 5.13. The van der Waals surface area contributed by atoms with Crippen LogP contribution in [0.4, 0.5) is 0 Å². The molecule has 0 saturated heterocycles. The minimum Gasteiger partial charge on any atom is -0.351 e. The van der Waals surface area contributed by atoms with Gasteiger partial charge in [0.05, 0.1) is 11.4 Å². The van der Waals surface area contributed by atoms with Crippen molar-refractivity contribution in [3.63, 3.8) is 0 Å². The number of thiophene rings is 1. The highest BCUT2D eigenvalue weighted by Crippen LogP contribution is 2.33. The largest absolute Gasteiger partial charge is 0.351 e. The van der Waals surface area contributed by atoms with Crippen molar-refractivity contribution in [3.8, 4) is 10.6 Å². The van der Waals surface area contributed by atoms with E-state index < -0.39 is 5.54 Å². The van der Waals surface area contributed by atoms with Crippen LogP contribution in [0.1, 0.15) is 55.1 Å². The van der Waals surface area contributed by atoms with Gasteiger partial charge in [-0.1, -0.05) is 49.1 Å². The van der Waals surface area contributed by atoms with Gasteiger partial charge < -0.3 is 10.2 Å². The lowest BCUT2D eigenvalue weighted by molar-refractivity contribution is -0.134. The maximum atomic E-state index is 13.8. The molecule has 1 aliphatic heterocycles. The lowest BCUT2D eigenvalue weighted by Gasteiger charge is -2.44. The maximum Gasteiger partial charge on any atom is 0.273 e. The highest BCUT2D eigenvalue weighted by molar-refractivity contribution is 7.13. The van der Waals surface area contributed by atoms with E-state index in [1.54, 1.807) is 27.0 Å². The van der Waals surface area contributed by atoms with Crippen LogP contribution in [-0.4, -0.2) is 38.1 Å². The van der Waals surface area contributed by atoms with Crippen LogP contribution in [0.2, 0.25) is 5.02 Å². The molecule has 1 fully saturated rings. The van der Waals surface area contributed by atoms with Crippen molar-refractivity contribution in [1.82, 2.24) is 20.0 Å². The molecule has 6 nitrogen and oxygen atoms in total. The van der Waals surface area contributed by atoms with Gasteiger partial charge in [0.25, 0.3) is 5.91 Å². The van der Waals surface area contributed by atoms with Crippen LogP contribution in [-0.2, 0) is 17.9 Å². The van der Waals surface area contributed by atoms with Gasteiger partial charge in [0.1, 0.15) is 16.9 Å². The molecule has 0 unspecified atom stereocenters. The molecule has 1 atom stereocenters. The fourth-order valence-electron chi connectivity index (χ4n) is 4.84. The Morgan fingerprint density at radius 3 is 2.76 bits per heavy atom. The molecule has 0 bridgehead atoms. The third kappa shape index (κ3) is 4.32. The number of carbonyl (C=O) groups is 2. The summed E-state index contributed by atoms with van der Waals surface area (Å²) in [7, 11) is 0. The SMILES string of the molecule is C[C@@]1(C(=O)NC2CCCCC2)Cn2nc(-c3cccs3)cc2C(=O)N1Cc1cccc(Cl)c1. The highest BCUT2D eigenvalue weighted by atomic mass is 35.5. The Bertz CT molecular complexity index is 1170. The summed E-state index contributed by atoms with van der Waals surface area (Å²) >= 11 is 7.79.